The van der Waals surface area contributed by atoms with E-state index in [9.17, 15) is 0 Å². The SMILES string of the molecule is COc1cccc(OC)c1OCc1nnc(COc2ccccc2)o1. The van der Waals surface area contributed by atoms with E-state index in [0.717, 1.165) is 5.75 Å². The van der Waals surface area contributed by atoms with Gasteiger partial charge in [0.2, 0.25) is 5.75 Å². The summed E-state index contributed by atoms with van der Waals surface area (Å²) in [5.74, 6) is 3.04. The van der Waals surface area contributed by atoms with E-state index in [4.69, 9.17) is 23.4 Å². The average molecular weight is 342 g/mol. The molecule has 130 valence electrons. The molecule has 0 unspecified atom stereocenters. The first kappa shape index (κ1) is 16.6. The van der Waals surface area contributed by atoms with Crippen molar-refractivity contribution in [2.75, 3.05) is 14.2 Å². The van der Waals surface area contributed by atoms with Crippen LogP contribution in [0.15, 0.2) is 52.9 Å². The Balaban J connectivity index is 1.61. The Labute approximate surface area is 145 Å². The van der Waals surface area contributed by atoms with Gasteiger partial charge >= 0.3 is 0 Å². The number of methoxy groups -OCH3 is 2. The highest BCUT2D eigenvalue weighted by atomic mass is 16.5. The van der Waals surface area contributed by atoms with Crippen molar-refractivity contribution < 1.29 is 23.4 Å². The van der Waals surface area contributed by atoms with Crippen LogP contribution in [0.2, 0.25) is 0 Å². The molecule has 7 heteroatoms. The van der Waals surface area contributed by atoms with Crippen LogP contribution < -0.4 is 18.9 Å². The molecule has 0 aliphatic carbocycles. The van der Waals surface area contributed by atoms with Gasteiger partial charge in [0.15, 0.2) is 24.7 Å². The first-order chi connectivity index (χ1) is 12.3. The fourth-order valence-corrected chi connectivity index (χ4v) is 2.16. The Bertz CT molecular complexity index is 782. The molecular weight excluding hydrogens is 324 g/mol. The van der Waals surface area contributed by atoms with Crippen molar-refractivity contribution in [1.29, 1.82) is 0 Å². The summed E-state index contributed by atoms with van der Waals surface area (Å²) in [5, 5.41) is 7.90. The highest BCUT2D eigenvalue weighted by molar-refractivity contribution is 5.51. The Kier molecular flexibility index (Phi) is 5.36. The minimum Gasteiger partial charge on any atom is -0.493 e. The summed E-state index contributed by atoms with van der Waals surface area (Å²) in [6, 6.07) is 14.8. The fourth-order valence-electron chi connectivity index (χ4n) is 2.16. The van der Waals surface area contributed by atoms with Crippen LogP contribution in [0.3, 0.4) is 0 Å². The second kappa shape index (κ2) is 8.05. The molecule has 25 heavy (non-hydrogen) atoms. The number of nitrogens with zero attached hydrogens (tertiary/aromatic N) is 2. The van der Waals surface area contributed by atoms with E-state index in [1.54, 1.807) is 26.4 Å². The first-order valence-electron chi connectivity index (χ1n) is 7.63. The van der Waals surface area contributed by atoms with Crippen molar-refractivity contribution in [3.8, 4) is 23.0 Å². The Morgan fingerprint density at radius 2 is 1.36 bits per heavy atom. The van der Waals surface area contributed by atoms with Crippen LogP contribution in [0.4, 0.5) is 0 Å². The zero-order chi connectivity index (χ0) is 17.5. The summed E-state index contributed by atoms with van der Waals surface area (Å²) in [4.78, 5) is 0. The first-order valence-corrected chi connectivity index (χ1v) is 7.63. The van der Waals surface area contributed by atoms with Crippen molar-refractivity contribution in [3.63, 3.8) is 0 Å². The third-order valence-electron chi connectivity index (χ3n) is 3.34. The molecule has 1 aromatic heterocycles. The Hall–Kier alpha value is -3.22. The van der Waals surface area contributed by atoms with E-state index in [0.29, 0.717) is 29.0 Å². The molecule has 3 aromatic rings. The van der Waals surface area contributed by atoms with Crippen molar-refractivity contribution in [2.45, 2.75) is 13.2 Å². The maximum Gasteiger partial charge on any atom is 0.254 e. The monoisotopic (exact) mass is 342 g/mol. The molecule has 2 aromatic carbocycles. The van der Waals surface area contributed by atoms with Gasteiger partial charge in [-0.2, -0.15) is 0 Å². The molecule has 0 spiro atoms. The van der Waals surface area contributed by atoms with Gasteiger partial charge in [0.1, 0.15) is 5.75 Å². The summed E-state index contributed by atoms with van der Waals surface area (Å²) in [5.41, 5.74) is 0. The highest BCUT2D eigenvalue weighted by Gasteiger charge is 2.14. The van der Waals surface area contributed by atoms with E-state index in [2.05, 4.69) is 10.2 Å². The Morgan fingerprint density at radius 3 is 1.96 bits per heavy atom. The van der Waals surface area contributed by atoms with Crippen LogP contribution >= 0.6 is 0 Å². The predicted molar refractivity (Wildman–Crippen MR) is 89.0 cm³/mol. The zero-order valence-electron chi connectivity index (χ0n) is 14.0. The van der Waals surface area contributed by atoms with Crippen LogP contribution in [-0.4, -0.2) is 24.4 Å². The topological polar surface area (TPSA) is 75.8 Å². The van der Waals surface area contributed by atoms with Gasteiger partial charge in [0.05, 0.1) is 14.2 Å². The van der Waals surface area contributed by atoms with Gasteiger partial charge in [-0.05, 0) is 24.3 Å². The molecule has 0 saturated carbocycles. The maximum atomic E-state index is 5.73. The number of aromatic nitrogens is 2. The van der Waals surface area contributed by atoms with Gasteiger partial charge in [0.25, 0.3) is 11.8 Å². The molecule has 0 N–H and O–H groups in total. The molecule has 0 saturated heterocycles. The number of rotatable bonds is 8. The highest BCUT2D eigenvalue weighted by Crippen LogP contribution is 2.37. The lowest BCUT2D eigenvalue weighted by Crippen LogP contribution is -2.00. The minimum atomic E-state index is 0.0923. The van der Waals surface area contributed by atoms with Crippen molar-refractivity contribution in [3.05, 3.63) is 60.3 Å². The van der Waals surface area contributed by atoms with Crippen LogP contribution in [0.1, 0.15) is 11.8 Å². The maximum absolute atomic E-state index is 5.73. The van der Waals surface area contributed by atoms with Crippen LogP contribution in [0, 0.1) is 0 Å². The number of hydrogen-bond donors (Lipinski definition) is 0. The number of hydrogen-bond acceptors (Lipinski definition) is 7. The number of para-hydroxylation sites is 2. The second-order valence-electron chi connectivity index (χ2n) is 4.97. The van der Waals surface area contributed by atoms with Gasteiger partial charge in [0, 0.05) is 0 Å². The van der Waals surface area contributed by atoms with Crippen molar-refractivity contribution in [2.24, 2.45) is 0 Å². The zero-order valence-corrected chi connectivity index (χ0v) is 14.0. The predicted octanol–water partition coefficient (Wildman–Crippen LogP) is 3.24. The van der Waals surface area contributed by atoms with E-state index in [1.807, 2.05) is 36.4 Å². The van der Waals surface area contributed by atoms with Crippen molar-refractivity contribution >= 4 is 0 Å². The second-order valence-corrected chi connectivity index (χ2v) is 4.97. The van der Waals surface area contributed by atoms with E-state index in [1.165, 1.54) is 0 Å². The molecule has 3 rings (SSSR count). The number of benzene rings is 2. The summed E-state index contributed by atoms with van der Waals surface area (Å²) in [6.07, 6.45) is 0. The summed E-state index contributed by atoms with van der Waals surface area (Å²) >= 11 is 0. The lowest BCUT2D eigenvalue weighted by Gasteiger charge is -2.12. The van der Waals surface area contributed by atoms with Gasteiger partial charge < -0.3 is 23.4 Å². The van der Waals surface area contributed by atoms with E-state index in [-0.39, 0.29) is 13.2 Å². The number of ether oxygens (including phenoxy) is 4. The average Bonchev–Trinajstić information content (AvgIpc) is 3.13. The quantitative estimate of drug-likeness (QED) is 0.622. The van der Waals surface area contributed by atoms with Crippen LogP contribution in [0.5, 0.6) is 23.0 Å². The molecule has 0 amide bonds. The lowest BCUT2D eigenvalue weighted by atomic mass is 10.3. The van der Waals surface area contributed by atoms with Crippen LogP contribution in [0.25, 0.3) is 0 Å². The van der Waals surface area contributed by atoms with E-state index < -0.39 is 0 Å². The van der Waals surface area contributed by atoms with Gasteiger partial charge in [-0.15, -0.1) is 10.2 Å². The molecular formula is C18H18N2O5. The largest absolute Gasteiger partial charge is 0.493 e. The third-order valence-corrected chi connectivity index (χ3v) is 3.34. The smallest absolute Gasteiger partial charge is 0.254 e. The molecule has 0 fully saturated rings. The molecule has 0 bridgehead atoms. The van der Waals surface area contributed by atoms with Crippen LogP contribution in [-0.2, 0) is 13.2 Å². The normalized spacial score (nSPS) is 10.3. The van der Waals surface area contributed by atoms with Crippen molar-refractivity contribution in [1.82, 2.24) is 10.2 Å². The van der Waals surface area contributed by atoms with Gasteiger partial charge in [-0.25, -0.2) is 0 Å². The molecule has 0 radical (unpaired) electrons. The summed E-state index contributed by atoms with van der Waals surface area (Å²) in [6.45, 7) is 0.282. The standard InChI is InChI=1S/C18H18N2O5/c1-21-14-9-6-10-15(22-2)18(14)24-12-17-20-19-16(25-17)11-23-13-7-4-3-5-8-13/h3-10H,11-12H2,1-2H3. The Morgan fingerprint density at radius 1 is 0.760 bits per heavy atom. The molecule has 0 aliphatic heterocycles. The van der Waals surface area contributed by atoms with Gasteiger partial charge in [-0.1, -0.05) is 24.3 Å². The lowest BCUT2D eigenvalue weighted by molar-refractivity contribution is 0.220. The molecule has 0 aliphatic rings. The molecule has 1 heterocycles. The van der Waals surface area contributed by atoms with E-state index >= 15 is 0 Å². The molecule has 7 nitrogen and oxygen atoms in total. The third kappa shape index (κ3) is 4.20. The molecule has 0 atom stereocenters. The van der Waals surface area contributed by atoms with Gasteiger partial charge in [-0.3, -0.25) is 0 Å². The minimum absolute atomic E-state index is 0.0923. The summed E-state index contributed by atoms with van der Waals surface area (Å²) < 4.78 is 27.4. The summed E-state index contributed by atoms with van der Waals surface area (Å²) in [7, 11) is 3.13. The fraction of sp³-hybridized carbons (Fsp3) is 0.222.